The van der Waals surface area contributed by atoms with Crippen LogP contribution in [0.1, 0.15) is 35.9 Å². The third-order valence-electron chi connectivity index (χ3n) is 2.16. The number of aromatic nitrogens is 2. The standard InChI is InChI=1S/C8H13F3N4S/c1-5-7(16-15-14-5)6(13-12)3-2-4-8(9,10)11/h6,13H,2-4,12H2,1H3. The van der Waals surface area contributed by atoms with Gasteiger partial charge >= 0.3 is 6.18 Å². The first-order valence-electron chi connectivity index (χ1n) is 4.76. The smallest absolute Gasteiger partial charge is 0.271 e. The summed E-state index contributed by atoms with van der Waals surface area (Å²) in [5.74, 6) is 5.30. The lowest BCUT2D eigenvalue weighted by Crippen LogP contribution is -2.28. The number of alkyl halides is 3. The van der Waals surface area contributed by atoms with Crippen molar-refractivity contribution in [3.05, 3.63) is 10.6 Å². The van der Waals surface area contributed by atoms with Crippen molar-refractivity contribution < 1.29 is 13.2 Å². The number of aryl methyl sites for hydroxylation is 1. The maximum atomic E-state index is 12.0. The molecular formula is C8H13F3N4S. The molecule has 3 N–H and O–H groups in total. The summed E-state index contributed by atoms with van der Waals surface area (Å²) in [4.78, 5) is 0.796. The Labute approximate surface area is 95.2 Å². The number of hydrogen-bond donors (Lipinski definition) is 2. The molecule has 0 aliphatic carbocycles. The molecule has 0 bridgehead atoms. The fraction of sp³-hybridized carbons (Fsp3) is 0.750. The van der Waals surface area contributed by atoms with Crippen molar-refractivity contribution in [1.29, 1.82) is 0 Å². The van der Waals surface area contributed by atoms with Gasteiger partial charge in [-0.1, -0.05) is 4.49 Å². The third kappa shape index (κ3) is 4.03. The Bertz CT molecular complexity index is 325. The second-order valence-corrected chi connectivity index (χ2v) is 4.23. The van der Waals surface area contributed by atoms with Gasteiger partial charge in [-0.3, -0.25) is 11.3 Å². The fourth-order valence-electron chi connectivity index (χ4n) is 1.35. The van der Waals surface area contributed by atoms with Crippen molar-refractivity contribution >= 4 is 11.5 Å². The van der Waals surface area contributed by atoms with E-state index >= 15 is 0 Å². The van der Waals surface area contributed by atoms with Gasteiger partial charge in [0.25, 0.3) is 0 Å². The highest BCUT2D eigenvalue weighted by Crippen LogP contribution is 2.28. The zero-order valence-electron chi connectivity index (χ0n) is 8.71. The summed E-state index contributed by atoms with van der Waals surface area (Å²) in [6.07, 6.45) is -4.55. The van der Waals surface area contributed by atoms with E-state index in [2.05, 4.69) is 15.0 Å². The number of halogens is 3. The molecule has 0 amide bonds. The van der Waals surface area contributed by atoms with Crippen LogP contribution in [0, 0.1) is 6.92 Å². The van der Waals surface area contributed by atoms with E-state index in [9.17, 15) is 13.2 Å². The molecule has 0 saturated carbocycles. The summed E-state index contributed by atoms with van der Waals surface area (Å²) in [7, 11) is 0. The Morgan fingerprint density at radius 3 is 2.62 bits per heavy atom. The highest BCUT2D eigenvalue weighted by molar-refractivity contribution is 7.05. The molecule has 16 heavy (non-hydrogen) atoms. The number of rotatable bonds is 5. The van der Waals surface area contributed by atoms with Crippen LogP contribution in [0.3, 0.4) is 0 Å². The van der Waals surface area contributed by atoms with Gasteiger partial charge in [0.2, 0.25) is 0 Å². The number of hydrazine groups is 1. The largest absolute Gasteiger partial charge is 0.389 e. The maximum absolute atomic E-state index is 12.0. The summed E-state index contributed by atoms with van der Waals surface area (Å²) in [5, 5.41) is 3.79. The zero-order chi connectivity index (χ0) is 12.2. The van der Waals surface area contributed by atoms with Crippen molar-refractivity contribution in [2.45, 2.75) is 38.4 Å². The number of nitrogens with two attached hydrogens (primary N) is 1. The van der Waals surface area contributed by atoms with E-state index in [1.54, 1.807) is 6.92 Å². The van der Waals surface area contributed by atoms with E-state index in [0.717, 1.165) is 16.4 Å². The predicted molar refractivity (Wildman–Crippen MR) is 54.6 cm³/mol. The van der Waals surface area contributed by atoms with Crippen LogP contribution in [0.25, 0.3) is 0 Å². The molecule has 0 radical (unpaired) electrons. The normalized spacial score (nSPS) is 14.1. The van der Waals surface area contributed by atoms with Gasteiger partial charge in [-0.15, -0.1) is 5.10 Å². The SMILES string of the molecule is Cc1nnsc1C(CCCC(F)(F)F)NN. The molecule has 8 heteroatoms. The van der Waals surface area contributed by atoms with Gasteiger partial charge in [-0.25, -0.2) is 0 Å². The Balaban J connectivity index is 2.48. The van der Waals surface area contributed by atoms with E-state index in [-0.39, 0.29) is 12.5 Å². The molecule has 0 saturated heterocycles. The van der Waals surface area contributed by atoms with Gasteiger partial charge in [0.05, 0.1) is 16.6 Å². The molecule has 1 heterocycles. The monoisotopic (exact) mass is 254 g/mol. The zero-order valence-corrected chi connectivity index (χ0v) is 9.53. The fourth-order valence-corrected chi connectivity index (χ4v) is 2.09. The van der Waals surface area contributed by atoms with Crippen molar-refractivity contribution in [2.75, 3.05) is 0 Å². The Morgan fingerprint density at radius 1 is 1.50 bits per heavy atom. The lowest BCUT2D eigenvalue weighted by Gasteiger charge is -2.14. The van der Waals surface area contributed by atoms with Crippen molar-refractivity contribution in [1.82, 2.24) is 15.0 Å². The minimum atomic E-state index is -4.11. The van der Waals surface area contributed by atoms with Crippen molar-refractivity contribution in [2.24, 2.45) is 5.84 Å². The van der Waals surface area contributed by atoms with Gasteiger partial charge in [0.1, 0.15) is 0 Å². The second-order valence-electron chi connectivity index (χ2n) is 3.45. The number of nitrogens with one attached hydrogen (secondary N) is 1. The molecule has 4 nitrogen and oxygen atoms in total. The van der Waals surface area contributed by atoms with Crippen LogP contribution < -0.4 is 11.3 Å². The van der Waals surface area contributed by atoms with E-state index < -0.39 is 12.6 Å². The van der Waals surface area contributed by atoms with Crippen LogP contribution in [0.2, 0.25) is 0 Å². The van der Waals surface area contributed by atoms with E-state index in [0.29, 0.717) is 12.1 Å². The van der Waals surface area contributed by atoms with Crippen LogP contribution in [-0.4, -0.2) is 15.8 Å². The van der Waals surface area contributed by atoms with Crippen LogP contribution in [-0.2, 0) is 0 Å². The summed E-state index contributed by atoms with van der Waals surface area (Å²) < 4.78 is 39.6. The average Bonchev–Trinajstić information content (AvgIpc) is 2.58. The Morgan fingerprint density at radius 2 is 2.19 bits per heavy atom. The van der Waals surface area contributed by atoms with Crippen LogP contribution >= 0.6 is 11.5 Å². The molecule has 0 fully saturated rings. The van der Waals surface area contributed by atoms with Crippen LogP contribution in [0.4, 0.5) is 13.2 Å². The molecule has 0 spiro atoms. The summed E-state index contributed by atoms with van der Waals surface area (Å²) in [6, 6.07) is -0.303. The first-order chi connectivity index (χ1) is 7.44. The van der Waals surface area contributed by atoms with Crippen molar-refractivity contribution in [3.63, 3.8) is 0 Å². The van der Waals surface area contributed by atoms with E-state index in [1.807, 2.05) is 0 Å². The van der Waals surface area contributed by atoms with E-state index in [1.165, 1.54) is 0 Å². The topological polar surface area (TPSA) is 63.8 Å². The lowest BCUT2D eigenvalue weighted by molar-refractivity contribution is -0.135. The first-order valence-corrected chi connectivity index (χ1v) is 5.53. The molecule has 1 aromatic rings. The maximum Gasteiger partial charge on any atom is 0.389 e. The molecule has 1 unspecified atom stereocenters. The lowest BCUT2D eigenvalue weighted by atomic mass is 10.1. The molecule has 92 valence electrons. The van der Waals surface area contributed by atoms with Gasteiger partial charge in [-0.05, 0) is 31.3 Å². The van der Waals surface area contributed by atoms with Crippen molar-refractivity contribution in [3.8, 4) is 0 Å². The summed E-state index contributed by atoms with van der Waals surface area (Å²) in [6.45, 7) is 1.76. The molecule has 1 aromatic heterocycles. The second kappa shape index (κ2) is 5.55. The number of hydrogen-bond acceptors (Lipinski definition) is 5. The summed E-state index contributed by atoms with van der Waals surface area (Å²) >= 11 is 1.16. The molecule has 0 aliphatic heterocycles. The molecular weight excluding hydrogens is 241 g/mol. The Kier molecular flexibility index (Phi) is 4.63. The van der Waals surface area contributed by atoms with Gasteiger partial charge in [-0.2, -0.15) is 13.2 Å². The van der Waals surface area contributed by atoms with Gasteiger partial charge in [0.15, 0.2) is 0 Å². The Hall–Kier alpha value is -0.730. The molecule has 1 rings (SSSR count). The van der Waals surface area contributed by atoms with Crippen LogP contribution in [0.15, 0.2) is 0 Å². The molecule has 0 aromatic carbocycles. The highest BCUT2D eigenvalue weighted by Gasteiger charge is 2.27. The minimum absolute atomic E-state index is 0.0374. The molecule has 1 atom stereocenters. The predicted octanol–water partition coefficient (Wildman–Crippen LogP) is 2.08. The first kappa shape index (κ1) is 13.3. The number of nitrogens with zero attached hydrogens (tertiary/aromatic N) is 2. The average molecular weight is 254 g/mol. The minimum Gasteiger partial charge on any atom is -0.271 e. The quantitative estimate of drug-likeness (QED) is 0.623. The molecule has 0 aliphatic rings. The summed E-state index contributed by atoms with van der Waals surface area (Å²) in [5.41, 5.74) is 3.20. The van der Waals surface area contributed by atoms with Crippen LogP contribution in [0.5, 0.6) is 0 Å². The third-order valence-corrected chi connectivity index (χ3v) is 3.10. The van der Waals surface area contributed by atoms with Gasteiger partial charge in [0, 0.05) is 6.42 Å². The van der Waals surface area contributed by atoms with Gasteiger partial charge < -0.3 is 0 Å². The van der Waals surface area contributed by atoms with E-state index in [4.69, 9.17) is 5.84 Å². The highest BCUT2D eigenvalue weighted by atomic mass is 32.1.